The van der Waals surface area contributed by atoms with Gasteiger partial charge in [-0.05, 0) is 24.6 Å². The second-order valence-electron chi connectivity index (χ2n) is 5.22. The van der Waals surface area contributed by atoms with Crippen LogP contribution in [0.15, 0.2) is 59.1 Å². The van der Waals surface area contributed by atoms with Gasteiger partial charge in [0, 0.05) is 6.07 Å². The predicted molar refractivity (Wildman–Crippen MR) is 90.8 cm³/mol. The van der Waals surface area contributed by atoms with E-state index in [0.717, 1.165) is 5.56 Å². The molecule has 6 nitrogen and oxygen atoms in total. The standard InChI is InChI=1S/C19H17NO5/c1-2-23-16-10-6-9-14(17-11-15(19(21)22)20-25-17)18(16)24-12-13-7-4-3-5-8-13/h3-11H,2,12H2,1H3,(H,21,22). The molecule has 3 aromatic rings. The van der Waals surface area contributed by atoms with Gasteiger partial charge in [-0.25, -0.2) is 4.79 Å². The largest absolute Gasteiger partial charge is 0.490 e. The third kappa shape index (κ3) is 3.80. The van der Waals surface area contributed by atoms with Crippen molar-refractivity contribution >= 4 is 5.97 Å². The van der Waals surface area contributed by atoms with Gasteiger partial charge in [0.15, 0.2) is 23.0 Å². The van der Waals surface area contributed by atoms with Crippen molar-refractivity contribution in [1.29, 1.82) is 0 Å². The first kappa shape index (κ1) is 16.6. The maximum atomic E-state index is 11.0. The van der Waals surface area contributed by atoms with Gasteiger partial charge in [-0.15, -0.1) is 0 Å². The Morgan fingerprint density at radius 3 is 2.60 bits per heavy atom. The fraction of sp³-hybridized carbons (Fsp3) is 0.158. The van der Waals surface area contributed by atoms with Crippen molar-refractivity contribution in [1.82, 2.24) is 5.16 Å². The Balaban J connectivity index is 1.96. The van der Waals surface area contributed by atoms with E-state index in [9.17, 15) is 4.79 Å². The number of benzene rings is 2. The van der Waals surface area contributed by atoms with E-state index in [1.807, 2.05) is 37.3 Å². The molecule has 0 radical (unpaired) electrons. The average Bonchev–Trinajstić information content (AvgIpc) is 3.12. The van der Waals surface area contributed by atoms with Gasteiger partial charge in [-0.2, -0.15) is 0 Å². The first-order valence-corrected chi connectivity index (χ1v) is 7.82. The van der Waals surface area contributed by atoms with Gasteiger partial charge in [0.2, 0.25) is 0 Å². The minimum atomic E-state index is -1.15. The number of nitrogens with zero attached hydrogens (tertiary/aromatic N) is 1. The van der Waals surface area contributed by atoms with Crippen LogP contribution in [0.4, 0.5) is 0 Å². The van der Waals surface area contributed by atoms with Gasteiger partial charge >= 0.3 is 5.97 Å². The van der Waals surface area contributed by atoms with Gasteiger partial charge in [-0.1, -0.05) is 41.6 Å². The van der Waals surface area contributed by atoms with Gasteiger partial charge in [0.25, 0.3) is 0 Å². The van der Waals surface area contributed by atoms with E-state index in [1.54, 1.807) is 18.2 Å². The lowest BCUT2D eigenvalue weighted by molar-refractivity contribution is 0.0686. The molecule has 0 saturated heterocycles. The molecular weight excluding hydrogens is 322 g/mol. The highest BCUT2D eigenvalue weighted by Gasteiger charge is 2.19. The number of aromatic carboxylic acids is 1. The molecule has 6 heteroatoms. The number of hydrogen-bond donors (Lipinski definition) is 1. The van der Waals surface area contributed by atoms with Crippen molar-refractivity contribution in [3.8, 4) is 22.8 Å². The molecule has 0 bridgehead atoms. The Kier molecular flexibility index (Phi) is 4.99. The maximum absolute atomic E-state index is 11.0. The zero-order chi connectivity index (χ0) is 17.6. The molecule has 3 rings (SSSR count). The molecule has 0 unspecified atom stereocenters. The fourth-order valence-electron chi connectivity index (χ4n) is 2.36. The zero-order valence-corrected chi connectivity index (χ0v) is 13.6. The normalized spacial score (nSPS) is 10.4. The minimum absolute atomic E-state index is 0.161. The van der Waals surface area contributed by atoms with E-state index in [4.69, 9.17) is 19.1 Å². The third-order valence-corrected chi connectivity index (χ3v) is 3.50. The number of carboxylic acids is 1. The highest BCUT2D eigenvalue weighted by molar-refractivity contribution is 5.87. The first-order valence-electron chi connectivity index (χ1n) is 7.82. The zero-order valence-electron chi connectivity index (χ0n) is 13.6. The number of carbonyl (C=O) groups is 1. The van der Waals surface area contributed by atoms with Crippen LogP contribution in [0.2, 0.25) is 0 Å². The number of ether oxygens (including phenoxy) is 2. The van der Waals surface area contributed by atoms with Gasteiger partial charge < -0.3 is 19.1 Å². The van der Waals surface area contributed by atoms with E-state index in [2.05, 4.69) is 5.16 Å². The quantitative estimate of drug-likeness (QED) is 0.700. The van der Waals surface area contributed by atoms with E-state index < -0.39 is 5.97 Å². The molecular formula is C19H17NO5. The molecule has 1 heterocycles. The van der Waals surface area contributed by atoms with Crippen LogP contribution in [0.3, 0.4) is 0 Å². The summed E-state index contributed by atoms with van der Waals surface area (Å²) in [7, 11) is 0. The third-order valence-electron chi connectivity index (χ3n) is 3.50. The Morgan fingerprint density at radius 2 is 1.92 bits per heavy atom. The number of rotatable bonds is 7. The highest BCUT2D eigenvalue weighted by atomic mass is 16.5. The van der Waals surface area contributed by atoms with Crippen LogP contribution in [0.1, 0.15) is 23.0 Å². The first-order chi connectivity index (χ1) is 12.2. The molecule has 0 amide bonds. The Morgan fingerprint density at radius 1 is 1.12 bits per heavy atom. The predicted octanol–water partition coefficient (Wildman–Crippen LogP) is 4.02. The van der Waals surface area contributed by atoms with Crippen molar-refractivity contribution in [2.24, 2.45) is 0 Å². The summed E-state index contributed by atoms with van der Waals surface area (Å²) in [5.41, 5.74) is 1.43. The number of aromatic nitrogens is 1. The Hall–Kier alpha value is -3.28. The fourth-order valence-corrected chi connectivity index (χ4v) is 2.36. The molecule has 128 valence electrons. The lowest BCUT2D eigenvalue weighted by Crippen LogP contribution is -2.01. The average molecular weight is 339 g/mol. The van der Waals surface area contributed by atoms with Crippen molar-refractivity contribution in [2.75, 3.05) is 6.61 Å². The van der Waals surface area contributed by atoms with Crippen LogP contribution < -0.4 is 9.47 Å². The summed E-state index contributed by atoms with van der Waals surface area (Å²) in [4.78, 5) is 11.0. The molecule has 0 aliphatic carbocycles. The van der Waals surface area contributed by atoms with Gasteiger partial charge in [0.1, 0.15) is 6.61 Å². The minimum Gasteiger partial charge on any atom is -0.490 e. The molecule has 1 aromatic heterocycles. The second kappa shape index (κ2) is 7.53. The van der Waals surface area contributed by atoms with Crippen molar-refractivity contribution < 1.29 is 23.9 Å². The van der Waals surface area contributed by atoms with Crippen molar-refractivity contribution in [3.63, 3.8) is 0 Å². The van der Waals surface area contributed by atoms with Crippen LogP contribution in [-0.4, -0.2) is 22.8 Å². The Bertz CT molecular complexity index is 857. The highest BCUT2D eigenvalue weighted by Crippen LogP contribution is 2.39. The van der Waals surface area contributed by atoms with Gasteiger partial charge in [-0.3, -0.25) is 0 Å². The van der Waals surface area contributed by atoms with E-state index >= 15 is 0 Å². The van der Waals surface area contributed by atoms with E-state index in [0.29, 0.717) is 36.0 Å². The maximum Gasteiger partial charge on any atom is 0.358 e. The van der Waals surface area contributed by atoms with Gasteiger partial charge in [0.05, 0.1) is 12.2 Å². The molecule has 0 aliphatic heterocycles. The summed E-state index contributed by atoms with van der Waals surface area (Å²) in [5, 5.41) is 12.6. The second-order valence-corrected chi connectivity index (χ2v) is 5.22. The molecule has 1 N–H and O–H groups in total. The SMILES string of the molecule is CCOc1cccc(-c2cc(C(=O)O)no2)c1OCc1ccccc1. The van der Waals surface area contributed by atoms with Crippen LogP contribution in [0.5, 0.6) is 11.5 Å². The van der Waals surface area contributed by atoms with Crippen molar-refractivity contribution in [3.05, 3.63) is 65.9 Å². The summed E-state index contributed by atoms with van der Waals surface area (Å²) in [6.07, 6.45) is 0. The monoisotopic (exact) mass is 339 g/mol. The smallest absolute Gasteiger partial charge is 0.358 e. The van der Waals surface area contributed by atoms with E-state index in [1.165, 1.54) is 6.07 Å². The summed E-state index contributed by atoms with van der Waals surface area (Å²) in [6.45, 7) is 2.70. The molecule has 0 fully saturated rings. The number of hydrogen-bond acceptors (Lipinski definition) is 5. The Labute approximate surface area is 144 Å². The van der Waals surface area contributed by atoms with Crippen molar-refractivity contribution in [2.45, 2.75) is 13.5 Å². The number of carboxylic acid groups (broad SMARTS) is 1. The molecule has 0 aliphatic rings. The topological polar surface area (TPSA) is 81.8 Å². The molecule has 2 aromatic carbocycles. The molecule has 0 atom stereocenters. The summed E-state index contributed by atoms with van der Waals surface area (Å²) < 4.78 is 16.8. The summed E-state index contributed by atoms with van der Waals surface area (Å²) in [6, 6.07) is 16.4. The molecule has 25 heavy (non-hydrogen) atoms. The van der Waals surface area contributed by atoms with Crippen LogP contribution in [-0.2, 0) is 6.61 Å². The molecule has 0 spiro atoms. The van der Waals surface area contributed by atoms with Crippen LogP contribution in [0, 0.1) is 0 Å². The summed E-state index contributed by atoms with van der Waals surface area (Å²) in [5.74, 6) is 0.204. The summed E-state index contributed by atoms with van der Waals surface area (Å²) >= 11 is 0. The van der Waals surface area contributed by atoms with E-state index in [-0.39, 0.29) is 5.69 Å². The number of para-hydroxylation sites is 1. The van der Waals surface area contributed by atoms with Crippen LogP contribution >= 0.6 is 0 Å². The lowest BCUT2D eigenvalue weighted by Gasteiger charge is -2.14. The molecule has 0 saturated carbocycles. The van der Waals surface area contributed by atoms with Crippen LogP contribution in [0.25, 0.3) is 11.3 Å². The lowest BCUT2D eigenvalue weighted by atomic mass is 10.1.